The molecule has 0 atom stereocenters. The Bertz CT molecular complexity index is 831. The van der Waals surface area contributed by atoms with Crippen molar-refractivity contribution in [3.8, 4) is 0 Å². The van der Waals surface area contributed by atoms with Crippen LogP contribution in [0.4, 0.5) is 17.1 Å². The van der Waals surface area contributed by atoms with E-state index in [1.54, 1.807) is 57.2 Å². The molecular formula is C18H19ClN4O3. The second-order valence-corrected chi connectivity index (χ2v) is 6.64. The lowest BCUT2D eigenvalue weighted by Gasteiger charge is -2.23. The molecule has 1 amide bonds. The first-order valence-electron chi connectivity index (χ1n) is 7.82. The molecule has 8 heteroatoms. The molecule has 0 saturated carbocycles. The molecule has 0 bridgehead atoms. The van der Waals surface area contributed by atoms with Crippen molar-refractivity contribution in [2.45, 2.75) is 20.8 Å². The molecule has 2 aromatic rings. The van der Waals surface area contributed by atoms with Crippen molar-refractivity contribution in [3.05, 3.63) is 63.7 Å². The second-order valence-electron chi connectivity index (χ2n) is 6.20. The molecule has 0 radical (unpaired) electrons. The number of anilines is 2. The fraction of sp³-hybridized carbons (Fsp3) is 0.222. The van der Waals surface area contributed by atoms with Gasteiger partial charge in [0.2, 0.25) is 5.91 Å². The quantitative estimate of drug-likeness (QED) is 0.435. The van der Waals surface area contributed by atoms with Crippen LogP contribution in [0.3, 0.4) is 0 Å². The average Bonchev–Trinajstić information content (AvgIpc) is 2.61. The molecule has 26 heavy (non-hydrogen) atoms. The van der Waals surface area contributed by atoms with Gasteiger partial charge in [-0.3, -0.25) is 20.3 Å². The van der Waals surface area contributed by atoms with Gasteiger partial charge in [0.1, 0.15) is 0 Å². The van der Waals surface area contributed by atoms with E-state index in [-0.39, 0.29) is 11.6 Å². The van der Waals surface area contributed by atoms with E-state index in [1.807, 2.05) is 0 Å². The number of amides is 1. The number of halogens is 1. The van der Waals surface area contributed by atoms with Gasteiger partial charge in [-0.15, -0.1) is 0 Å². The smallest absolute Gasteiger partial charge is 0.269 e. The summed E-state index contributed by atoms with van der Waals surface area (Å²) >= 11 is 5.84. The Labute approximate surface area is 156 Å². The third-order valence-corrected chi connectivity index (χ3v) is 4.26. The van der Waals surface area contributed by atoms with E-state index in [0.29, 0.717) is 22.1 Å². The first-order valence-corrected chi connectivity index (χ1v) is 8.20. The predicted molar refractivity (Wildman–Crippen MR) is 104 cm³/mol. The molecule has 0 aromatic heterocycles. The van der Waals surface area contributed by atoms with E-state index in [2.05, 4.69) is 15.8 Å². The number of nitro benzene ring substituents is 1. The van der Waals surface area contributed by atoms with Gasteiger partial charge in [-0.1, -0.05) is 11.6 Å². The monoisotopic (exact) mass is 374 g/mol. The summed E-state index contributed by atoms with van der Waals surface area (Å²) in [5.74, 6) is -0.216. The molecule has 0 spiro atoms. The van der Waals surface area contributed by atoms with Crippen molar-refractivity contribution < 1.29 is 9.72 Å². The number of nitro groups is 1. The minimum Gasteiger partial charge on any atom is -0.325 e. The van der Waals surface area contributed by atoms with E-state index >= 15 is 0 Å². The van der Waals surface area contributed by atoms with Crippen molar-refractivity contribution in [2.24, 2.45) is 10.5 Å². The maximum Gasteiger partial charge on any atom is 0.269 e. The first-order chi connectivity index (χ1) is 12.2. The van der Waals surface area contributed by atoms with Gasteiger partial charge in [0.15, 0.2) is 0 Å². The molecule has 2 N–H and O–H groups in total. The van der Waals surface area contributed by atoms with Crippen molar-refractivity contribution in [1.82, 2.24) is 0 Å². The zero-order valence-corrected chi connectivity index (χ0v) is 15.4. The largest absolute Gasteiger partial charge is 0.325 e. The highest BCUT2D eigenvalue weighted by Crippen LogP contribution is 2.23. The SMILES string of the molecule is C/C(=N\Nc1ccc([N+](=O)[O-])cc1)C(C)(C)C(=O)Nc1ccc(Cl)cc1. The highest BCUT2D eigenvalue weighted by Gasteiger charge is 2.31. The van der Waals surface area contributed by atoms with E-state index in [0.717, 1.165) is 0 Å². The normalized spacial score (nSPS) is 11.8. The number of carbonyl (C=O) groups excluding carboxylic acids is 1. The van der Waals surface area contributed by atoms with Crippen LogP contribution in [-0.4, -0.2) is 16.5 Å². The van der Waals surface area contributed by atoms with Gasteiger partial charge in [-0.05, 0) is 57.2 Å². The van der Waals surface area contributed by atoms with Crippen molar-refractivity contribution in [1.29, 1.82) is 0 Å². The van der Waals surface area contributed by atoms with Gasteiger partial charge in [-0.2, -0.15) is 5.10 Å². The second kappa shape index (κ2) is 7.97. The van der Waals surface area contributed by atoms with Crippen LogP contribution in [0.1, 0.15) is 20.8 Å². The maximum atomic E-state index is 12.6. The third-order valence-electron chi connectivity index (χ3n) is 4.01. The van der Waals surface area contributed by atoms with Crippen LogP contribution in [0, 0.1) is 15.5 Å². The van der Waals surface area contributed by atoms with Crippen LogP contribution in [0.25, 0.3) is 0 Å². The van der Waals surface area contributed by atoms with Crippen LogP contribution < -0.4 is 10.7 Å². The third kappa shape index (κ3) is 4.80. The minimum absolute atomic E-state index is 0.000997. The van der Waals surface area contributed by atoms with Crippen LogP contribution in [0.2, 0.25) is 5.02 Å². The summed E-state index contributed by atoms with van der Waals surface area (Å²) in [4.78, 5) is 22.8. The lowest BCUT2D eigenvalue weighted by atomic mass is 9.87. The van der Waals surface area contributed by atoms with Crippen molar-refractivity contribution >= 4 is 40.3 Å². The number of nitrogens with zero attached hydrogens (tertiary/aromatic N) is 2. The van der Waals surface area contributed by atoms with E-state index in [9.17, 15) is 14.9 Å². The molecular weight excluding hydrogens is 356 g/mol. The highest BCUT2D eigenvalue weighted by molar-refractivity contribution is 6.30. The van der Waals surface area contributed by atoms with E-state index in [4.69, 9.17) is 11.6 Å². The van der Waals surface area contributed by atoms with Crippen molar-refractivity contribution in [2.75, 3.05) is 10.7 Å². The fourth-order valence-electron chi connectivity index (χ4n) is 1.93. The van der Waals surface area contributed by atoms with Gasteiger partial charge < -0.3 is 5.32 Å². The summed E-state index contributed by atoms with van der Waals surface area (Å²) in [5.41, 5.74) is 3.73. The lowest BCUT2D eigenvalue weighted by molar-refractivity contribution is -0.384. The Morgan fingerprint density at radius 2 is 1.62 bits per heavy atom. The molecule has 2 rings (SSSR count). The zero-order chi connectivity index (χ0) is 19.3. The van der Waals surface area contributed by atoms with Crippen LogP contribution in [0.5, 0.6) is 0 Å². The molecule has 7 nitrogen and oxygen atoms in total. The molecule has 0 saturated heterocycles. The molecule has 0 aliphatic heterocycles. The molecule has 2 aromatic carbocycles. The van der Waals surface area contributed by atoms with Gasteiger partial charge in [0.05, 0.1) is 21.7 Å². The summed E-state index contributed by atoms with van der Waals surface area (Å²) in [7, 11) is 0. The summed E-state index contributed by atoms with van der Waals surface area (Å²) in [5, 5.41) is 18.3. The Morgan fingerprint density at radius 1 is 1.08 bits per heavy atom. The first kappa shape index (κ1) is 19.4. The van der Waals surface area contributed by atoms with Gasteiger partial charge in [-0.25, -0.2) is 0 Å². The fourth-order valence-corrected chi connectivity index (χ4v) is 2.06. The summed E-state index contributed by atoms with van der Waals surface area (Å²) < 4.78 is 0. The topological polar surface area (TPSA) is 96.6 Å². The average molecular weight is 375 g/mol. The molecule has 0 fully saturated rings. The van der Waals surface area contributed by atoms with Crippen LogP contribution in [0.15, 0.2) is 53.6 Å². The summed E-state index contributed by atoms with van der Waals surface area (Å²) in [6.45, 7) is 5.25. The van der Waals surface area contributed by atoms with Crippen molar-refractivity contribution in [3.63, 3.8) is 0 Å². The standard InChI is InChI=1S/C18H19ClN4O3/c1-12(21-22-15-8-10-16(11-9-15)23(25)26)18(2,3)17(24)20-14-6-4-13(19)5-7-14/h4-11,22H,1-3H3,(H,20,24)/b21-12+. The number of hydrogen-bond acceptors (Lipinski definition) is 5. The number of carbonyl (C=O) groups is 1. The predicted octanol–water partition coefficient (Wildman–Crippen LogP) is 4.70. The minimum atomic E-state index is -0.868. The Hall–Kier alpha value is -2.93. The van der Waals surface area contributed by atoms with Gasteiger partial charge in [0.25, 0.3) is 5.69 Å². The van der Waals surface area contributed by atoms with Crippen LogP contribution >= 0.6 is 11.6 Å². The van der Waals surface area contributed by atoms with E-state index in [1.165, 1.54) is 12.1 Å². The molecule has 0 aliphatic carbocycles. The maximum absolute atomic E-state index is 12.6. The number of non-ortho nitro benzene ring substituents is 1. The number of hydrogen-bond donors (Lipinski definition) is 2. The molecule has 0 aliphatic rings. The Kier molecular flexibility index (Phi) is 5.94. The zero-order valence-electron chi connectivity index (χ0n) is 14.6. The summed E-state index contributed by atoms with van der Waals surface area (Å²) in [6.07, 6.45) is 0. The Morgan fingerprint density at radius 3 is 2.15 bits per heavy atom. The number of benzene rings is 2. The van der Waals surface area contributed by atoms with Gasteiger partial charge >= 0.3 is 0 Å². The number of nitrogens with one attached hydrogen (secondary N) is 2. The lowest BCUT2D eigenvalue weighted by Crippen LogP contribution is -2.37. The molecule has 0 heterocycles. The number of rotatable bonds is 6. The Balaban J connectivity index is 2.06. The van der Waals surface area contributed by atoms with Crippen LogP contribution in [-0.2, 0) is 4.79 Å². The number of hydrazone groups is 1. The highest BCUT2D eigenvalue weighted by atomic mass is 35.5. The molecule has 136 valence electrons. The summed E-state index contributed by atoms with van der Waals surface area (Å²) in [6, 6.07) is 12.7. The van der Waals surface area contributed by atoms with Gasteiger partial charge in [0, 0.05) is 22.8 Å². The molecule has 0 unspecified atom stereocenters. The van der Waals surface area contributed by atoms with E-state index < -0.39 is 10.3 Å².